The first kappa shape index (κ1) is 39.6. The van der Waals surface area contributed by atoms with Gasteiger partial charge in [-0.3, -0.25) is 0 Å². The van der Waals surface area contributed by atoms with Crippen molar-refractivity contribution in [3.05, 3.63) is 12.2 Å². The molecule has 9 heteroatoms. The fourth-order valence-electron chi connectivity index (χ4n) is 0.136. The van der Waals surface area contributed by atoms with Crippen molar-refractivity contribution >= 4 is 35.0 Å². The van der Waals surface area contributed by atoms with Crippen LogP contribution in [0.5, 0.6) is 0 Å². The summed E-state index contributed by atoms with van der Waals surface area (Å²) in [6.07, 6.45) is 0.769. The molecule has 0 aliphatic rings. The third-order valence-corrected chi connectivity index (χ3v) is 0.355. The molecule has 0 atom stereocenters. The van der Waals surface area contributed by atoms with Crippen molar-refractivity contribution in [2.45, 2.75) is 0 Å². The minimum atomic E-state index is -1.55. The number of aliphatic carboxylic acids is 2. The smallest absolute Gasteiger partial charge is 0.545 e. The van der Waals surface area contributed by atoms with Crippen molar-refractivity contribution in [3.8, 4) is 0 Å². The van der Waals surface area contributed by atoms with E-state index < -0.39 is 11.9 Å². The molecule has 0 aromatic carbocycles. The van der Waals surface area contributed by atoms with Crippen molar-refractivity contribution in [2.24, 2.45) is 0 Å². The van der Waals surface area contributed by atoms with Gasteiger partial charge in [-0.15, -0.1) is 0 Å². The van der Waals surface area contributed by atoms with E-state index in [-0.39, 0.29) is 45.0 Å². The Kier molecular flexibility index (Phi) is 68.5. The Morgan fingerprint density at radius 3 is 1.00 bits per heavy atom. The van der Waals surface area contributed by atoms with Gasteiger partial charge in [0.15, 0.2) is 0 Å². The largest absolute Gasteiger partial charge is 2.00 e. The van der Waals surface area contributed by atoms with Gasteiger partial charge in [0.25, 0.3) is 0 Å². The Labute approximate surface area is 89.2 Å². The van der Waals surface area contributed by atoms with E-state index in [1.807, 2.05) is 0 Å². The molecule has 0 aliphatic carbocycles. The number of carboxylic acid groups (broad SMARTS) is 2. The molecule has 0 amide bonds. The van der Waals surface area contributed by atoms with Crippen LogP contribution in [0.4, 0.5) is 0 Å². The van der Waals surface area contributed by atoms with Crippen LogP contribution in [-0.4, -0.2) is 56.9 Å². The molecule has 0 heterocycles. The normalized spacial score (nSPS) is 5.85. The average Bonchev–Trinajstić information content (AvgIpc) is 1.61. The minimum absolute atomic E-state index is 0. The van der Waals surface area contributed by atoms with Crippen LogP contribution in [0.3, 0.4) is 0 Å². The molecular formula is C4H10MgO8. The van der Waals surface area contributed by atoms with E-state index in [0.717, 1.165) is 0 Å². The molecule has 0 aliphatic heterocycles. The molecule has 0 fully saturated rings. The molecule has 8 N–H and O–H groups in total. The maximum Gasteiger partial charge on any atom is 2.00 e. The van der Waals surface area contributed by atoms with Crippen molar-refractivity contribution < 1.29 is 41.7 Å². The monoisotopic (exact) mass is 210 g/mol. The average molecular weight is 210 g/mol. The predicted molar refractivity (Wildman–Crippen MR) is 39.4 cm³/mol. The molecule has 0 bridgehead atoms. The van der Waals surface area contributed by atoms with Crippen LogP contribution in [0.25, 0.3) is 0 Å². The van der Waals surface area contributed by atoms with Gasteiger partial charge in [-0.25, -0.2) is 0 Å². The van der Waals surface area contributed by atoms with E-state index in [2.05, 4.69) is 0 Å². The van der Waals surface area contributed by atoms with Gasteiger partial charge in [-0.05, 0) is 12.2 Å². The van der Waals surface area contributed by atoms with Crippen LogP contribution in [0.2, 0.25) is 0 Å². The molecule has 0 saturated carbocycles. The SMILES string of the molecule is O.O.O.O.O=C([O-])C=CC(=O)[O-].[Mg+2]. The molecule has 0 unspecified atom stereocenters. The molecular weight excluding hydrogens is 200 g/mol. The van der Waals surface area contributed by atoms with Crippen LogP contribution in [0.1, 0.15) is 0 Å². The Hall–Kier alpha value is -0.714. The molecule has 0 aromatic rings. The van der Waals surface area contributed by atoms with E-state index in [0.29, 0.717) is 12.2 Å². The molecule has 0 radical (unpaired) electrons. The fraction of sp³-hybridized carbons (Fsp3) is 0. The van der Waals surface area contributed by atoms with Crippen LogP contribution >= 0.6 is 0 Å². The number of hydrogen-bond donors (Lipinski definition) is 0. The standard InChI is InChI=1S/C4H4O4.Mg.4H2O/c5-3(6)1-2-4(7)8;;;;;/h1-2H,(H,5,6)(H,7,8);;4*1H2/q;+2;;;;/p-2. The van der Waals surface area contributed by atoms with Crippen molar-refractivity contribution in [1.82, 2.24) is 0 Å². The molecule has 0 spiro atoms. The Morgan fingerprint density at radius 1 is 0.769 bits per heavy atom. The molecule has 0 aromatic heterocycles. The van der Waals surface area contributed by atoms with Gasteiger partial charge in [0.1, 0.15) is 0 Å². The number of carbonyl (C=O) groups is 2. The number of carboxylic acids is 2. The number of carbonyl (C=O) groups excluding carboxylic acids is 2. The molecule has 13 heavy (non-hydrogen) atoms. The maximum absolute atomic E-state index is 9.41. The zero-order valence-electron chi connectivity index (χ0n) is 6.49. The Morgan fingerprint density at radius 2 is 0.923 bits per heavy atom. The summed E-state index contributed by atoms with van der Waals surface area (Å²) in [4.78, 5) is 18.8. The first-order valence-electron chi connectivity index (χ1n) is 1.73. The van der Waals surface area contributed by atoms with Gasteiger partial charge in [-0.1, -0.05) is 0 Å². The topological polar surface area (TPSA) is 206 Å². The van der Waals surface area contributed by atoms with Crippen LogP contribution in [-0.2, 0) is 9.59 Å². The van der Waals surface area contributed by atoms with Crippen molar-refractivity contribution in [2.75, 3.05) is 0 Å². The van der Waals surface area contributed by atoms with Crippen LogP contribution in [0.15, 0.2) is 12.2 Å². The van der Waals surface area contributed by atoms with E-state index >= 15 is 0 Å². The summed E-state index contributed by atoms with van der Waals surface area (Å²) in [6.45, 7) is 0. The summed E-state index contributed by atoms with van der Waals surface area (Å²) >= 11 is 0. The zero-order valence-corrected chi connectivity index (χ0v) is 7.91. The van der Waals surface area contributed by atoms with Crippen LogP contribution < -0.4 is 10.2 Å². The van der Waals surface area contributed by atoms with E-state index in [9.17, 15) is 19.8 Å². The van der Waals surface area contributed by atoms with Gasteiger partial charge >= 0.3 is 23.1 Å². The number of hydrogen-bond acceptors (Lipinski definition) is 4. The summed E-state index contributed by atoms with van der Waals surface area (Å²) in [7, 11) is 0. The van der Waals surface area contributed by atoms with E-state index in [4.69, 9.17) is 0 Å². The van der Waals surface area contributed by atoms with E-state index in [1.165, 1.54) is 0 Å². The van der Waals surface area contributed by atoms with Gasteiger partial charge < -0.3 is 41.7 Å². The summed E-state index contributed by atoms with van der Waals surface area (Å²) in [5.41, 5.74) is 0. The minimum Gasteiger partial charge on any atom is -0.545 e. The van der Waals surface area contributed by atoms with Crippen molar-refractivity contribution in [1.29, 1.82) is 0 Å². The Balaban J connectivity index is -0.0000000245. The fourth-order valence-corrected chi connectivity index (χ4v) is 0.136. The second kappa shape index (κ2) is 22.5. The van der Waals surface area contributed by atoms with Gasteiger partial charge in [0.2, 0.25) is 0 Å². The molecule has 0 saturated heterocycles. The van der Waals surface area contributed by atoms with Crippen LogP contribution in [0, 0.1) is 0 Å². The van der Waals surface area contributed by atoms with Gasteiger partial charge in [-0.2, -0.15) is 0 Å². The van der Waals surface area contributed by atoms with Crippen molar-refractivity contribution in [3.63, 3.8) is 0 Å². The zero-order chi connectivity index (χ0) is 6.57. The second-order valence-corrected chi connectivity index (χ2v) is 0.971. The maximum atomic E-state index is 9.41. The third kappa shape index (κ3) is 53.0. The Bertz CT molecular complexity index is 127. The first-order chi connectivity index (χ1) is 3.63. The predicted octanol–water partition coefficient (Wildman–Crippen LogP) is -6.64. The molecule has 8 nitrogen and oxygen atoms in total. The third-order valence-electron chi connectivity index (χ3n) is 0.355. The van der Waals surface area contributed by atoms with Gasteiger partial charge in [0, 0.05) is 0 Å². The summed E-state index contributed by atoms with van der Waals surface area (Å²) < 4.78 is 0. The summed E-state index contributed by atoms with van der Waals surface area (Å²) in [5, 5.41) is 18.8. The number of rotatable bonds is 2. The second-order valence-electron chi connectivity index (χ2n) is 0.971. The molecule has 0 rings (SSSR count). The van der Waals surface area contributed by atoms with Gasteiger partial charge in [0.05, 0.1) is 11.9 Å². The molecule has 76 valence electrons. The van der Waals surface area contributed by atoms with E-state index in [1.54, 1.807) is 0 Å². The quantitative estimate of drug-likeness (QED) is 0.321. The summed E-state index contributed by atoms with van der Waals surface area (Å²) in [6, 6.07) is 0. The summed E-state index contributed by atoms with van der Waals surface area (Å²) in [5.74, 6) is -3.09. The first-order valence-corrected chi connectivity index (χ1v) is 1.73.